The number of anilines is 3. The molecule has 34 heavy (non-hydrogen) atoms. The minimum Gasteiger partial charge on any atom is -0.378 e. The van der Waals surface area contributed by atoms with Crippen LogP contribution in [-0.2, 0) is 14.8 Å². The summed E-state index contributed by atoms with van der Waals surface area (Å²) in [5.74, 6) is 0.342. The first kappa shape index (κ1) is 22.0. The Kier molecular flexibility index (Phi) is 5.74. The molecule has 1 aliphatic heterocycles. The average molecular weight is 479 g/mol. The fraction of sp³-hybridized carbons (Fsp3) is 0.174. The Labute approximate surface area is 195 Å². The maximum atomic E-state index is 12.6. The summed E-state index contributed by atoms with van der Waals surface area (Å²) in [7, 11) is -3.93. The molecule has 3 aromatic heterocycles. The summed E-state index contributed by atoms with van der Waals surface area (Å²) in [5, 5.41) is 9.52. The highest BCUT2D eigenvalue weighted by Gasteiger charge is 2.15. The molecule has 4 N–H and O–H groups in total. The van der Waals surface area contributed by atoms with E-state index in [-0.39, 0.29) is 10.5 Å². The quantitative estimate of drug-likeness (QED) is 0.396. The smallest absolute Gasteiger partial charge is 0.259 e. The Hall–Kier alpha value is -3.80. The van der Waals surface area contributed by atoms with Crippen molar-refractivity contribution in [3.63, 3.8) is 0 Å². The van der Waals surface area contributed by atoms with Crippen LogP contribution in [0.4, 0.5) is 17.2 Å². The number of nitrogens with two attached hydrogens (primary N) is 1. The van der Waals surface area contributed by atoms with Gasteiger partial charge in [0, 0.05) is 48.6 Å². The number of pyridine rings is 3. The minimum absolute atomic E-state index is 0.119. The standard InChI is InChI=1S/C23H22N6O4S/c24-34(31,32)19-11-16(13-25-14-19)20-12-15-5-6-26-23(30)21(15)22(28-20)27-17-1-3-18(4-2-17)29-7-9-33-10-8-29/h1-6,11-14H,7-10H2,(H,26,30)(H,27,28)(H2,24,31,32). The van der Waals surface area contributed by atoms with Crippen LogP contribution >= 0.6 is 0 Å². The first-order valence-corrected chi connectivity index (χ1v) is 12.1. The van der Waals surface area contributed by atoms with Crippen molar-refractivity contribution in [3.05, 3.63) is 71.4 Å². The fourth-order valence-electron chi connectivity index (χ4n) is 3.88. The molecule has 11 heteroatoms. The first-order chi connectivity index (χ1) is 16.4. The molecule has 0 radical (unpaired) electrons. The van der Waals surface area contributed by atoms with Crippen molar-refractivity contribution < 1.29 is 13.2 Å². The van der Waals surface area contributed by atoms with E-state index in [1.165, 1.54) is 18.5 Å². The topological polar surface area (TPSA) is 143 Å². The van der Waals surface area contributed by atoms with E-state index in [1.807, 2.05) is 24.3 Å². The number of primary sulfonamides is 1. The van der Waals surface area contributed by atoms with Crippen molar-refractivity contribution in [2.24, 2.45) is 5.14 Å². The summed E-state index contributed by atoms with van der Waals surface area (Å²) in [5.41, 5.74) is 2.45. The van der Waals surface area contributed by atoms with Crippen LogP contribution in [0.3, 0.4) is 0 Å². The number of ether oxygens (including phenoxy) is 1. The number of hydrogen-bond acceptors (Lipinski definition) is 8. The third kappa shape index (κ3) is 4.49. The van der Waals surface area contributed by atoms with Gasteiger partial charge in [0.05, 0.1) is 24.3 Å². The van der Waals surface area contributed by atoms with E-state index in [9.17, 15) is 13.2 Å². The molecular formula is C23H22N6O4S. The number of nitrogens with one attached hydrogen (secondary N) is 2. The maximum Gasteiger partial charge on any atom is 0.259 e. The number of benzene rings is 1. The number of rotatable bonds is 5. The Morgan fingerprint density at radius 3 is 2.56 bits per heavy atom. The molecular weight excluding hydrogens is 456 g/mol. The molecule has 1 aromatic carbocycles. The lowest BCUT2D eigenvalue weighted by atomic mass is 10.1. The SMILES string of the molecule is NS(=O)(=O)c1cncc(-c2cc3cc[nH]c(=O)c3c(Nc3ccc(N4CCOCC4)cc3)n2)c1. The molecule has 174 valence electrons. The molecule has 1 saturated heterocycles. The number of morpholine rings is 1. The Balaban J connectivity index is 1.55. The third-order valence-corrected chi connectivity index (χ3v) is 6.48. The second-order valence-corrected chi connectivity index (χ2v) is 9.41. The van der Waals surface area contributed by atoms with Gasteiger partial charge in [0.1, 0.15) is 10.7 Å². The summed E-state index contributed by atoms with van der Waals surface area (Å²) in [6.07, 6.45) is 4.23. The molecule has 0 aliphatic carbocycles. The predicted molar refractivity (Wildman–Crippen MR) is 130 cm³/mol. The molecule has 0 amide bonds. The van der Waals surface area contributed by atoms with Gasteiger partial charge in [0.25, 0.3) is 5.56 Å². The van der Waals surface area contributed by atoms with Crippen LogP contribution in [0.5, 0.6) is 0 Å². The Morgan fingerprint density at radius 1 is 1.06 bits per heavy atom. The molecule has 0 spiro atoms. The predicted octanol–water partition coefficient (Wildman–Crippen LogP) is 2.21. The van der Waals surface area contributed by atoms with Crippen molar-refractivity contribution in [3.8, 4) is 11.3 Å². The number of fused-ring (bicyclic) bond motifs is 1. The Bertz CT molecular complexity index is 1510. The summed E-state index contributed by atoms with van der Waals surface area (Å²) in [6, 6.07) is 12.7. The summed E-state index contributed by atoms with van der Waals surface area (Å²) in [6.45, 7) is 3.07. The van der Waals surface area contributed by atoms with Gasteiger partial charge >= 0.3 is 0 Å². The highest BCUT2D eigenvalue weighted by molar-refractivity contribution is 7.89. The zero-order chi connectivity index (χ0) is 23.7. The van der Waals surface area contributed by atoms with Crippen LogP contribution in [0.15, 0.2) is 70.7 Å². The zero-order valence-electron chi connectivity index (χ0n) is 18.1. The molecule has 4 heterocycles. The molecule has 0 bridgehead atoms. The van der Waals surface area contributed by atoms with Crippen LogP contribution < -0.4 is 20.9 Å². The van der Waals surface area contributed by atoms with E-state index < -0.39 is 10.0 Å². The molecule has 0 atom stereocenters. The molecule has 0 saturated carbocycles. The Morgan fingerprint density at radius 2 is 1.82 bits per heavy atom. The largest absolute Gasteiger partial charge is 0.378 e. The number of nitrogens with zero attached hydrogens (tertiary/aromatic N) is 3. The summed E-state index contributed by atoms with van der Waals surface area (Å²) >= 11 is 0. The molecule has 1 fully saturated rings. The van der Waals surface area contributed by atoms with Gasteiger partial charge in [0.15, 0.2) is 0 Å². The average Bonchev–Trinajstić information content (AvgIpc) is 2.84. The fourth-order valence-corrected chi connectivity index (χ4v) is 4.38. The van der Waals surface area contributed by atoms with E-state index in [0.717, 1.165) is 24.5 Å². The normalized spacial score (nSPS) is 14.3. The molecule has 10 nitrogen and oxygen atoms in total. The van der Waals surface area contributed by atoms with E-state index in [1.54, 1.807) is 18.3 Å². The third-order valence-electron chi connectivity index (χ3n) is 5.60. The number of aromatic amines is 1. The van der Waals surface area contributed by atoms with E-state index in [4.69, 9.17) is 9.88 Å². The van der Waals surface area contributed by atoms with E-state index >= 15 is 0 Å². The van der Waals surface area contributed by atoms with Gasteiger partial charge in [-0.05, 0) is 47.9 Å². The lowest BCUT2D eigenvalue weighted by molar-refractivity contribution is 0.122. The van der Waals surface area contributed by atoms with Gasteiger partial charge in [-0.1, -0.05) is 0 Å². The highest BCUT2D eigenvalue weighted by Crippen LogP contribution is 2.29. The number of sulfonamides is 1. The zero-order valence-corrected chi connectivity index (χ0v) is 18.9. The second-order valence-electron chi connectivity index (χ2n) is 7.85. The van der Waals surface area contributed by atoms with Gasteiger partial charge in [0.2, 0.25) is 10.0 Å². The molecule has 1 aliphatic rings. The van der Waals surface area contributed by atoms with Crippen molar-refractivity contribution in [1.29, 1.82) is 0 Å². The van der Waals surface area contributed by atoms with Gasteiger partial charge in [-0.15, -0.1) is 0 Å². The lowest BCUT2D eigenvalue weighted by Crippen LogP contribution is -2.36. The second kappa shape index (κ2) is 8.86. The van der Waals surface area contributed by atoms with Crippen LogP contribution in [0.25, 0.3) is 22.0 Å². The van der Waals surface area contributed by atoms with Gasteiger partial charge in [-0.2, -0.15) is 0 Å². The van der Waals surface area contributed by atoms with Crippen LogP contribution in [-0.4, -0.2) is 49.7 Å². The number of H-pyrrole nitrogens is 1. The van der Waals surface area contributed by atoms with Crippen molar-refractivity contribution in [1.82, 2.24) is 15.0 Å². The van der Waals surface area contributed by atoms with Gasteiger partial charge in [-0.25, -0.2) is 18.5 Å². The van der Waals surface area contributed by atoms with Crippen LogP contribution in [0, 0.1) is 0 Å². The van der Waals surface area contributed by atoms with Crippen molar-refractivity contribution in [2.45, 2.75) is 4.90 Å². The molecule has 0 unspecified atom stereocenters. The summed E-state index contributed by atoms with van der Waals surface area (Å²) in [4.78, 5) is 26.0. The molecule has 4 aromatic rings. The van der Waals surface area contributed by atoms with E-state index in [2.05, 4.69) is 25.2 Å². The van der Waals surface area contributed by atoms with Crippen molar-refractivity contribution >= 4 is 38.0 Å². The van der Waals surface area contributed by atoms with Gasteiger partial charge in [-0.3, -0.25) is 9.78 Å². The minimum atomic E-state index is -3.93. The van der Waals surface area contributed by atoms with E-state index in [0.29, 0.717) is 41.1 Å². The number of hydrogen-bond donors (Lipinski definition) is 3. The monoisotopic (exact) mass is 478 g/mol. The van der Waals surface area contributed by atoms with Crippen molar-refractivity contribution in [2.75, 3.05) is 36.5 Å². The highest BCUT2D eigenvalue weighted by atomic mass is 32.2. The van der Waals surface area contributed by atoms with Gasteiger partial charge < -0.3 is 19.9 Å². The first-order valence-electron chi connectivity index (χ1n) is 10.6. The number of aromatic nitrogens is 3. The lowest BCUT2D eigenvalue weighted by Gasteiger charge is -2.28. The van der Waals surface area contributed by atoms with Crippen LogP contribution in [0.2, 0.25) is 0 Å². The maximum absolute atomic E-state index is 12.6. The summed E-state index contributed by atoms with van der Waals surface area (Å²) < 4.78 is 29.0. The molecule has 5 rings (SSSR count). The van der Waals surface area contributed by atoms with Crippen LogP contribution in [0.1, 0.15) is 0 Å².